The zero-order valence-electron chi connectivity index (χ0n) is 25.1. The van der Waals surface area contributed by atoms with Gasteiger partial charge in [-0.2, -0.15) is 0 Å². The maximum absolute atomic E-state index is 13.3. The second-order valence-electron chi connectivity index (χ2n) is 12.0. The minimum atomic E-state index is -0.605. The fraction of sp³-hybridized carbons (Fsp3) is 0.531. The molecule has 0 radical (unpaired) electrons. The Morgan fingerprint density at radius 2 is 1.81 bits per heavy atom. The molecule has 2 aromatic rings. The van der Waals surface area contributed by atoms with E-state index in [1.54, 1.807) is 9.80 Å². The van der Waals surface area contributed by atoms with Crippen molar-refractivity contribution in [1.29, 1.82) is 0 Å². The zero-order chi connectivity index (χ0) is 30.3. The Labute approximate surface area is 247 Å². The maximum atomic E-state index is 13.3. The second-order valence-corrected chi connectivity index (χ2v) is 12.0. The summed E-state index contributed by atoms with van der Waals surface area (Å²) in [5.74, 6) is -0.380. The number of pyridine rings is 1. The molecule has 1 N–H and O–H groups in total. The molecule has 0 aliphatic carbocycles. The van der Waals surface area contributed by atoms with E-state index in [0.29, 0.717) is 38.3 Å². The highest BCUT2D eigenvalue weighted by atomic mass is 16.6. The number of piperidine rings is 1. The van der Waals surface area contributed by atoms with Crippen molar-refractivity contribution in [2.75, 3.05) is 31.6 Å². The first-order chi connectivity index (χ1) is 20.0. The summed E-state index contributed by atoms with van der Waals surface area (Å²) in [5.41, 5.74) is 1.94. The highest BCUT2D eigenvalue weighted by Gasteiger charge is 2.31. The summed E-state index contributed by atoms with van der Waals surface area (Å²) in [6.45, 7) is 6.97. The highest BCUT2D eigenvalue weighted by molar-refractivity contribution is 5.88. The van der Waals surface area contributed by atoms with Gasteiger partial charge in [-0.3, -0.25) is 19.3 Å². The van der Waals surface area contributed by atoms with Crippen LogP contribution in [0, 0.1) is 5.92 Å². The lowest BCUT2D eigenvalue weighted by atomic mass is 9.95. The molecular weight excluding hydrogens is 536 g/mol. The van der Waals surface area contributed by atoms with Gasteiger partial charge < -0.3 is 19.7 Å². The molecule has 226 valence electrons. The molecule has 1 fully saturated rings. The van der Waals surface area contributed by atoms with Gasteiger partial charge in [0.15, 0.2) is 0 Å². The number of likely N-dealkylation sites (tertiary alicyclic amines) is 1. The third-order valence-corrected chi connectivity index (χ3v) is 7.57. The lowest BCUT2D eigenvalue weighted by molar-refractivity contribution is -0.141. The van der Waals surface area contributed by atoms with Gasteiger partial charge in [-0.05, 0) is 70.1 Å². The number of ether oxygens (including phenoxy) is 2. The van der Waals surface area contributed by atoms with Gasteiger partial charge in [0.05, 0.1) is 25.5 Å². The monoisotopic (exact) mass is 578 g/mol. The molecule has 1 aromatic heterocycles. The van der Waals surface area contributed by atoms with Crippen molar-refractivity contribution >= 4 is 29.7 Å². The second kappa shape index (κ2) is 13.8. The zero-order valence-corrected chi connectivity index (χ0v) is 25.1. The van der Waals surface area contributed by atoms with Crippen LogP contribution in [0.3, 0.4) is 0 Å². The summed E-state index contributed by atoms with van der Waals surface area (Å²) in [6, 6.07) is 12.7. The number of fused-ring (bicyclic) bond motifs is 1. The van der Waals surface area contributed by atoms with E-state index in [9.17, 15) is 19.2 Å². The molecule has 10 heteroatoms. The van der Waals surface area contributed by atoms with Gasteiger partial charge in [-0.15, -0.1) is 0 Å². The third kappa shape index (κ3) is 8.30. The largest absolute Gasteiger partial charge is 0.469 e. The molecule has 0 unspecified atom stereocenters. The fourth-order valence-corrected chi connectivity index (χ4v) is 5.40. The van der Waals surface area contributed by atoms with E-state index in [1.165, 1.54) is 7.11 Å². The molecular formula is C32H42N4O6. The van der Waals surface area contributed by atoms with E-state index in [4.69, 9.17) is 14.5 Å². The lowest BCUT2D eigenvalue weighted by Crippen LogP contribution is -2.46. The molecule has 10 nitrogen and oxygen atoms in total. The number of amides is 3. The van der Waals surface area contributed by atoms with Gasteiger partial charge in [-0.25, -0.2) is 9.78 Å². The van der Waals surface area contributed by atoms with Gasteiger partial charge in [0.1, 0.15) is 11.4 Å². The van der Waals surface area contributed by atoms with Crippen LogP contribution in [0.4, 0.5) is 10.6 Å². The highest BCUT2D eigenvalue weighted by Crippen LogP contribution is 2.28. The van der Waals surface area contributed by atoms with Gasteiger partial charge in [0.2, 0.25) is 11.8 Å². The maximum Gasteiger partial charge on any atom is 0.416 e. The van der Waals surface area contributed by atoms with Crippen molar-refractivity contribution in [2.45, 2.75) is 77.4 Å². The summed E-state index contributed by atoms with van der Waals surface area (Å²) >= 11 is 0. The number of nitrogens with zero attached hydrogens (tertiary/aromatic N) is 3. The molecule has 42 heavy (non-hydrogen) atoms. The number of aryl methyl sites for hydroxylation is 2. The molecule has 2 aliphatic rings. The minimum Gasteiger partial charge on any atom is -0.469 e. The number of aromatic nitrogens is 1. The molecule has 1 saturated heterocycles. The lowest BCUT2D eigenvalue weighted by Gasteiger charge is -2.33. The Balaban J connectivity index is 1.35. The number of hydrogen-bond acceptors (Lipinski definition) is 7. The number of anilines is 1. The summed E-state index contributed by atoms with van der Waals surface area (Å²) in [7, 11) is 1.33. The molecule has 3 amide bonds. The summed E-state index contributed by atoms with van der Waals surface area (Å²) in [6.07, 6.45) is 3.36. The van der Waals surface area contributed by atoms with E-state index in [2.05, 4.69) is 5.32 Å². The Morgan fingerprint density at radius 3 is 2.52 bits per heavy atom. The van der Waals surface area contributed by atoms with Crippen LogP contribution in [0.1, 0.15) is 75.7 Å². The molecule has 3 heterocycles. The Hall–Kier alpha value is -3.95. The molecule has 0 spiro atoms. The van der Waals surface area contributed by atoms with Crippen LogP contribution in [0.15, 0.2) is 42.5 Å². The van der Waals surface area contributed by atoms with Crippen LogP contribution in [0.2, 0.25) is 0 Å². The van der Waals surface area contributed by atoms with Crippen LogP contribution >= 0.6 is 0 Å². The molecule has 4 rings (SSSR count). The normalized spacial score (nSPS) is 17.6. The minimum absolute atomic E-state index is 0.0285. The first-order valence-corrected chi connectivity index (χ1v) is 14.7. The number of esters is 1. The smallest absolute Gasteiger partial charge is 0.416 e. The number of carbonyl (C=O) groups excluding carboxylic acids is 4. The summed E-state index contributed by atoms with van der Waals surface area (Å²) < 4.78 is 10.4. The van der Waals surface area contributed by atoms with Crippen molar-refractivity contribution < 1.29 is 28.7 Å². The van der Waals surface area contributed by atoms with E-state index in [1.807, 2.05) is 63.2 Å². The molecule has 0 saturated carbocycles. The van der Waals surface area contributed by atoms with Crippen LogP contribution in [0.25, 0.3) is 0 Å². The van der Waals surface area contributed by atoms with Gasteiger partial charge in [0, 0.05) is 31.7 Å². The topological polar surface area (TPSA) is 118 Å². The number of carbonyl (C=O) groups is 4. The molecule has 0 bridgehead atoms. The summed E-state index contributed by atoms with van der Waals surface area (Å²) in [5, 5.41) is 3.01. The van der Waals surface area contributed by atoms with Gasteiger partial charge in [0.25, 0.3) is 0 Å². The van der Waals surface area contributed by atoms with E-state index < -0.39 is 23.7 Å². The molecule has 2 atom stereocenters. The van der Waals surface area contributed by atoms with Crippen LogP contribution in [0.5, 0.6) is 0 Å². The SMILES string of the molecule is COC(=O)C[C@H](NC(=O)[C@H]1CCCN(C(=O)CCc2ccc3c(n2)N(C(=O)OC(C)(C)C)CCC3)C1)c1ccccc1. The average molecular weight is 579 g/mol. The van der Waals surface area contributed by atoms with Crippen molar-refractivity contribution in [2.24, 2.45) is 5.92 Å². The number of nitrogens with one attached hydrogen (secondary N) is 1. The van der Waals surface area contributed by atoms with E-state index >= 15 is 0 Å². The van der Waals surface area contributed by atoms with E-state index in [0.717, 1.165) is 36.1 Å². The average Bonchev–Trinajstić information content (AvgIpc) is 2.98. The molecule has 1 aromatic carbocycles. The van der Waals surface area contributed by atoms with E-state index in [-0.39, 0.29) is 30.6 Å². The Morgan fingerprint density at radius 1 is 1.05 bits per heavy atom. The Bertz CT molecular complexity index is 1280. The predicted molar refractivity (Wildman–Crippen MR) is 158 cm³/mol. The van der Waals surface area contributed by atoms with Crippen molar-refractivity contribution in [3.63, 3.8) is 0 Å². The number of rotatable bonds is 8. The van der Waals surface area contributed by atoms with Crippen LogP contribution in [-0.2, 0) is 36.7 Å². The predicted octanol–water partition coefficient (Wildman–Crippen LogP) is 4.36. The van der Waals surface area contributed by atoms with Gasteiger partial charge in [-0.1, -0.05) is 36.4 Å². The fourth-order valence-electron chi connectivity index (χ4n) is 5.40. The number of benzene rings is 1. The number of hydrogen-bond donors (Lipinski definition) is 1. The van der Waals surface area contributed by atoms with Crippen LogP contribution < -0.4 is 10.2 Å². The quantitative estimate of drug-likeness (QED) is 0.463. The van der Waals surface area contributed by atoms with Gasteiger partial charge >= 0.3 is 12.1 Å². The third-order valence-electron chi connectivity index (χ3n) is 7.57. The molecule has 2 aliphatic heterocycles. The first kappa shape index (κ1) is 31.0. The standard InChI is InChI=1S/C32H42N4O6/c1-32(2,3)42-31(40)36-19-9-12-23-14-15-25(33-29(23)36)16-17-27(37)35-18-8-13-24(21-35)30(39)34-26(20-28(38)41-4)22-10-6-5-7-11-22/h5-7,10-11,14-15,24,26H,8-9,12-13,16-21H2,1-4H3,(H,34,39)/t24-,26-/m0/s1. The van der Waals surface area contributed by atoms with Crippen molar-refractivity contribution in [1.82, 2.24) is 15.2 Å². The Kier molecular flexibility index (Phi) is 10.2. The van der Waals surface area contributed by atoms with Crippen molar-refractivity contribution in [3.8, 4) is 0 Å². The van der Waals surface area contributed by atoms with Crippen LogP contribution in [-0.4, -0.2) is 66.1 Å². The summed E-state index contributed by atoms with van der Waals surface area (Å²) in [4.78, 5) is 59.4. The number of methoxy groups -OCH3 is 1. The van der Waals surface area contributed by atoms with Crippen molar-refractivity contribution in [3.05, 3.63) is 59.3 Å². The first-order valence-electron chi connectivity index (χ1n) is 14.7.